The van der Waals surface area contributed by atoms with Crippen LogP contribution in [0.3, 0.4) is 0 Å². The summed E-state index contributed by atoms with van der Waals surface area (Å²) in [6, 6.07) is 16.3. The average Bonchev–Trinajstić information content (AvgIpc) is 3.21. The number of aryl methyl sites for hydroxylation is 2. The van der Waals surface area contributed by atoms with Crippen LogP contribution in [0.15, 0.2) is 71.0 Å². The number of rotatable bonds is 22. The van der Waals surface area contributed by atoms with Crippen LogP contribution in [-0.2, 0) is 22.4 Å². The predicted molar refractivity (Wildman–Crippen MR) is 200 cm³/mol. The van der Waals surface area contributed by atoms with E-state index in [2.05, 4.69) is 87.2 Å². The Balaban J connectivity index is 2.11. The van der Waals surface area contributed by atoms with Crippen molar-refractivity contribution >= 4 is 23.9 Å². The Morgan fingerprint density at radius 3 is 2.07 bits per heavy atom. The monoisotopic (exact) mass is 625 g/mol. The van der Waals surface area contributed by atoms with Gasteiger partial charge in [0, 0.05) is 17.9 Å². The fourth-order valence-electron chi connectivity index (χ4n) is 6.87. The molecule has 3 nitrogen and oxygen atoms in total. The van der Waals surface area contributed by atoms with Crippen LogP contribution in [0, 0.1) is 0 Å². The molecule has 46 heavy (non-hydrogen) atoms. The molecule has 0 aromatic heterocycles. The molecule has 252 valence electrons. The Labute approximate surface area is 282 Å². The number of carbonyl (C=O) groups is 1. The van der Waals surface area contributed by atoms with Gasteiger partial charge in [-0.15, -0.1) is 0 Å². The number of anilines is 2. The van der Waals surface area contributed by atoms with E-state index in [1.54, 1.807) is 0 Å². The molecule has 3 heteroatoms. The molecule has 0 N–H and O–H groups in total. The van der Waals surface area contributed by atoms with Gasteiger partial charge in [-0.3, -0.25) is 4.79 Å². The molecule has 1 heterocycles. The number of benzene rings is 2. The van der Waals surface area contributed by atoms with Crippen molar-refractivity contribution in [3.05, 3.63) is 87.7 Å². The molecule has 0 saturated heterocycles. The molecule has 0 radical (unpaired) electrons. The van der Waals surface area contributed by atoms with E-state index in [0.29, 0.717) is 12.2 Å². The Morgan fingerprint density at radius 2 is 1.35 bits per heavy atom. The maximum atomic E-state index is 11.2. The number of carbonyl (C=O) groups excluding carboxylic acids is 1. The van der Waals surface area contributed by atoms with Gasteiger partial charge in [0.2, 0.25) is 0 Å². The van der Waals surface area contributed by atoms with Crippen LogP contribution in [0.1, 0.15) is 154 Å². The molecule has 0 atom stereocenters. The zero-order valence-corrected chi connectivity index (χ0v) is 30.0. The molecule has 0 saturated carbocycles. The Bertz CT molecular complexity index is 1280. The second-order valence-corrected chi connectivity index (χ2v) is 13.2. The van der Waals surface area contributed by atoms with Gasteiger partial charge in [0.1, 0.15) is 5.76 Å². The van der Waals surface area contributed by atoms with Crippen molar-refractivity contribution in [3.8, 4) is 0 Å². The highest BCUT2D eigenvalue weighted by molar-refractivity contribution is 5.73. The van der Waals surface area contributed by atoms with E-state index in [4.69, 9.17) is 4.74 Å². The lowest BCUT2D eigenvalue weighted by molar-refractivity contribution is -0.124. The minimum Gasteiger partial charge on any atom is -0.434 e. The van der Waals surface area contributed by atoms with Gasteiger partial charge in [0.15, 0.2) is 0 Å². The highest BCUT2D eigenvalue weighted by Gasteiger charge is 2.21. The molecule has 0 spiro atoms. The Hall–Kier alpha value is -3.07. The molecule has 0 unspecified atom stereocenters. The van der Waals surface area contributed by atoms with E-state index < -0.39 is 0 Å². The SMILES string of the molecule is CCCCCCN1c2ccccc2CCc2cc(/C=C(CCCCC)/C(CCCCC)=C(/C=C(/C)OC=O)CCCCC)ccc21. The maximum Gasteiger partial charge on any atom is 0.298 e. The summed E-state index contributed by atoms with van der Waals surface area (Å²) in [5.41, 5.74) is 11.3. The molecule has 0 amide bonds. The third kappa shape index (κ3) is 11.9. The number of hydrogen-bond donors (Lipinski definition) is 0. The summed E-state index contributed by atoms with van der Waals surface area (Å²) < 4.78 is 5.33. The summed E-state index contributed by atoms with van der Waals surface area (Å²) in [7, 11) is 0. The second-order valence-electron chi connectivity index (χ2n) is 13.2. The fraction of sp³-hybridized carbons (Fsp3) is 0.558. The topological polar surface area (TPSA) is 29.5 Å². The van der Waals surface area contributed by atoms with Gasteiger partial charge in [0.05, 0.1) is 0 Å². The number of fused-ring (bicyclic) bond motifs is 2. The smallest absolute Gasteiger partial charge is 0.298 e. The first-order chi connectivity index (χ1) is 22.6. The van der Waals surface area contributed by atoms with Gasteiger partial charge in [-0.2, -0.15) is 0 Å². The van der Waals surface area contributed by atoms with Gasteiger partial charge in [0.25, 0.3) is 6.47 Å². The van der Waals surface area contributed by atoms with Crippen LogP contribution in [0.4, 0.5) is 11.4 Å². The number of nitrogens with zero attached hydrogens (tertiary/aromatic N) is 1. The van der Waals surface area contributed by atoms with E-state index in [-0.39, 0.29) is 0 Å². The molecule has 2 aromatic carbocycles. The van der Waals surface area contributed by atoms with Crippen molar-refractivity contribution in [1.82, 2.24) is 0 Å². The molecule has 2 aromatic rings. The molecule has 1 aliphatic rings. The number of unbranched alkanes of at least 4 members (excludes halogenated alkanes) is 9. The van der Waals surface area contributed by atoms with Crippen LogP contribution in [0.25, 0.3) is 6.08 Å². The molecule has 1 aliphatic heterocycles. The molecular weight excluding hydrogens is 562 g/mol. The summed E-state index contributed by atoms with van der Waals surface area (Å²) in [6.45, 7) is 12.7. The molecule has 3 rings (SSSR count). The van der Waals surface area contributed by atoms with Gasteiger partial charge in [-0.05, 0) is 122 Å². The average molecular weight is 626 g/mol. The quantitative estimate of drug-likeness (QED) is 0.0564. The molecular formula is C43H63NO2. The lowest BCUT2D eigenvalue weighted by atomic mass is 9.87. The second kappa shape index (κ2) is 21.7. The van der Waals surface area contributed by atoms with Crippen molar-refractivity contribution in [3.63, 3.8) is 0 Å². The zero-order chi connectivity index (χ0) is 33.0. The van der Waals surface area contributed by atoms with Crippen LogP contribution in [-0.4, -0.2) is 13.0 Å². The zero-order valence-electron chi connectivity index (χ0n) is 30.0. The first-order valence-corrected chi connectivity index (χ1v) is 18.8. The lowest BCUT2D eigenvalue weighted by Gasteiger charge is -2.27. The normalized spacial score (nSPS) is 14.0. The van der Waals surface area contributed by atoms with Gasteiger partial charge in [-0.25, -0.2) is 0 Å². The van der Waals surface area contributed by atoms with Gasteiger partial charge < -0.3 is 9.64 Å². The van der Waals surface area contributed by atoms with E-state index in [0.717, 1.165) is 45.1 Å². The lowest BCUT2D eigenvalue weighted by Crippen LogP contribution is -2.19. The summed E-state index contributed by atoms with van der Waals surface area (Å²) in [4.78, 5) is 13.8. The van der Waals surface area contributed by atoms with E-state index in [1.165, 1.54) is 122 Å². The first-order valence-electron chi connectivity index (χ1n) is 18.8. The minimum absolute atomic E-state index is 0.561. The summed E-state index contributed by atoms with van der Waals surface area (Å²) >= 11 is 0. The molecule has 0 aliphatic carbocycles. The van der Waals surface area contributed by atoms with Gasteiger partial charge in [-0.1, -0.05) is 116 Å². The minimum atomic E-state index is 0.561. The van der Waals surface area contributed by atoms with Crippen molar-refractivity contribution in [2.45, 2.75) is 150 Å². The van der Waals surface area contributed by atoms with E-state index in [9.17, 15) is 4.79 Å². The van der Waals surface area contributed by atoms with Crippen molar-refractivity contribution in [1.29, 1.82) is 0 Å². The first kappa shape index (κ1) is 37.4. The van der Waals surface area contributed by atoms with Gasteiger partial charge >= 0.3 is 0 Å². The summed E-state index contributed by atoms with van der Waals surface area (Å²) in [5, 5.41) is 0. The maximum absolute atomic E-state index is 11.2. The van der Waals surface area contributed by atoms with Crippen molar-refractivity contribution in [2.75, 3.05) is 11.4 Å². The fourth-order valence-corrected chi connectivity index (χ4v) is 6.87. The van der Waals surface area contributed by atoms with Crippen LogP contribution >= 0.6 is 0 Å². The van der Waals surface area contributed by atoms with E-state index in [1.807, 2.05) is 6.92 Å². The standard InChI is InChI=1S/C43H63NO2/c1-6-10-14-20-30-44-42-25-19-18-21-37(42)27-28-40-33-36(26-29-43(40)44)32-39(23-16-12-8-3)41(24-17-13-9-4)38(22-15-11-7-2)31-35(5)46-34-45/h18-19,21,25-26,29,31-34H,6-17,20,22-24,27-28,30H2,1-5H3/b35-31-,39-32+,41-38+. The summed E-state index contributed by atoms with van der Waals surface area (Å²) in [6.07, 6.45) is 25.9. The highest BCUT2D eigenvalue weighted by Crippen LogP contribution is 2.38. The molecule has 0 bridgehead atoms. The largest absolute Gasteiger partial charge is 0.434 e. The van der Waals surface area contributed by atoms with E-state index >= 15 is 0 Å². The highest BCUT2D eigenvalue weighted by atomic mass is 16.5. The number of para-hydroxylation sites is 1. The predicted octanol–water partition coefficient (Wildman–Crippen LogP) is 13.0. The van der Waals surface area contributed by atoms with Crippen LogP contribution in [0.5, 0.6) is 0 Å². The van der Waals surface area contributed by atoms with Crippen LogP contribution < -0.4 is 4.90 Å². The molecule has 0 fully saturated rings. The third-order valence-electron chi connectivity index (χ3n) is 9.43. The number of hydrogen-bond acceptors (Lipinski definition) is 3. The van der Waals surface area contributed by atoms with Crippen molar-refractivity contribution in [2.24, 2.45) is 0 Å². The Kier molecular flexibility index (Phi) is 17.6. The summed E-state index contributed by atoms with van der Waals surface area (Å²) in [5.74, 6) is 0.686. The number of allylic oxidation sites excluding steroid dienone is 5. The third-order valence-corrected chi connectivity index (χ3v) is 9.43. The number of ether oxygens (including phenoxy) is 1. The van der Waals surface area contributed by atoms with Crippen molar-refractivity contribution < 1.29 is 9.53 Å². The van der Waals surface area contributed by atoms with Crippen LogP contribution in [0.2, 0.25) is 0 Å². The Morgan fingerprint density at radius 1 is 0.717 bits per heavy atom.